The average Bonchev–Trinajstić information content (AvgIpc) is 3.34. The van der Waals surface area contributed by atoms with Crippen LogP contribution in [0.25, 0.3) is 0 Å². The van der Waals surface area contributed by atoms with Gasteiger partial charge in [-0.25, -0.2) is 4.98 Å². The van der Waals surface area contributed by atoms with Crippen molar-refractivity contribution in [2.45, 2.75) is 37.6 Å². The highest BCUT2D eigenvalue weighted by Gasteiger charge is 2.35. The van der Waals surface area contributed by atoms with Crippen molar-refractivity contribution >= 4 is 21.6 Å². The molecule has 1 aromatic carbocycles. The summed E-state index contributed by atoms with van der Waals surface area (Å²) in [4.78, 5) is 25.4. The van der Waals surface area contributed by atoms with Crippen LogP contribution >= 0.6 is 0 Å². The Labute approximate surface area is 223 Å². The topological polar surface area (TPSA) is 130 Å². The Morgan fingerprint density at radius 3 is 2.66 bits per heavy atom. The molecule has 0 saturated heterocycles. The van der Waals surface area contributed by atoms with Crippen molar-refractivity contribution in [2.75, 3.05) is 31.5 Å². The highest BCUT2D eigenvalue weighted by Crippen LogP contribution is 2.36. The monoisotopic (exact) mass is 542 g/mol. The van der Waals surface area contributed by atoms with Gasteiger partial charge >= 0.3 is 0 Å². The van der Waals surface area contributed by atoms with Crippen LogP contribution in [0.4, 0.5) is 5.69 Å². The van der Waals surface area contributed by atoms with Crippen LogP contribution in [0.5, 0.6) is 5.75 Å². The third-order valence-corrected chi connectivity index (χ3v) is 7.84. The lowest BCUT2D eigenvalue weighted by molar-refractivity contribution is 0.0344. The zero-order chi connectivity index (χ0) is 27.4. The van der Waals surface area contributed by atoms with Gasteiger partial charge in [-0.15, -0.1) is 0 Å². The van der Waals surface area contributed by atoms with E-state index in [1.54, 1.807) is 49.5 Å². The maximum atomic E-state index is 13.6. The van der Waals surface area contributed by atoms with Gasteiger partial charge in [0.15, 0.2) is 10.8 Å². The van der Waals surface area contributed by atoms with Crippen molar-refractivity contribution < 1.29 is 23.1 Å². The lowest BCUT2D eigenvalue weighted by atomic mass is 9.99. The average molecular weight is 543 g/mol. The lowest BCUT2D eigenvalue weighted by Gasteiger charge is -2.38. The summed E-state index contributed by atoms with van der Waals surface area (Å²) in [5.74, 6) is -0.307. The number of rotatable bonds is 9. The number of hydrogen-bond donors (Lipinski definition) is 2. The van der Waals surface area contributed by atoms with E-state index in [4.69, 9.17) is 4.74 Å². The number of benzene rings is 1. The van der Waals surface area contributed by atoms with Crippen LogP contribution < -0.4 is 9.46 Å². The molecule has 204 valence electrons. The van der Waals surface area contributed by atoms with E-state index >= 15 is 0 Å². The molecule has 3 atom stereocenters. The number of anilines is 1. The number of amides is 1. The van der Waals surface area contributed by atoms with Gasteiger partial charge in [0.25, 0.3) is 15.9 Å². The Morgan fingerprint density at radius 1 is 1.26 bits per heavy atom. The summed E-state index contributed by atoms with van der Waals surface area (Å²) >= 11 is 0. The minimum absolute atomic E-state index is 0.124. The number of carbonyl (C=O) groups is 1. The molecular formula is C26H34N6O5S. The van der Waals surface area contributed by atoms with Gasteiger partial charge in [-0.2, -0.15) is 8.42 Å². The second-order valence-electron chi connectivity index (χ2n) is 9.84. The third kappa shape index (κ3) is 6.14. The Morgan fingerprint density at radius 2 is 2.00 bits per heavy atom. The fourth-order valence-electron chi connectivity index (χ4n) is 4.44. The zero-order valence-electron chi connectivity index (χ0n) is 22.0. The standard InChI is InChI=1S/C26H34N6O5S/c1-18-12-32(19(2)16-33)26(34)21-6-5-7-22(29-38(35,36)24-15-31(4)17-28-24)25(21)37-23(18)14-30(3)13-20-8-10-27-11-9-20/h5-11,15,17-19,23,29,33H,12-14,16H2,1-4H3/t18-,19-,23+/m1/s1. The molecule has 0 radical (unpaired) electrons. The fourth-order valence-corrected chi connectivity index (χ4v) is 5.48. The number of likely N-dealkylation sites (N-methyl/N-ethyl adjacent to an activating group) is 1. The molecule has 2 aromatic heterocycles. The van der Waals surface area contributed by atoms with E-state index in [1.807, 2.05) is 26.1 Å². The van der Waals surface area contributed by atoms with Crippen molar-refractivity contribution in [3.8, 4) is 5.75 Å². The number of hydrogen-bond acceptors (Lipinski definition) is 8. The number of aromatic nitrogens is 3. The first-order valence-corrected chi connectivity index (χ1v) is 13.9. The fraction of sp³-hybridized carbons (Fsp3) is 0.423. The molecule has 3 heterocycles. The molecule has 0 aliphatic carbocycles. The summed E-state index contributed by atoms with van der Waals surface area (Å²) in [6, 6.07) is 8.25. The summed E-state index contributed by atoms with van der Waals surface area (Å²) in [7, 11) is -0.382. The van der Waals surface area contributed by atoms with Gasteiger partial charge in [-0.1, -0.05) is 13.0 Å². The molecule has 0 spiro atoms. The van der Waals surface area contributed by atoms with Crippen molar-refractivity contribution in [2.24, 2.45) is 13.0 Å². The number of ether oxygens (including phenoxy) is 1. The molecular weight excluding hydrogens is 508 g/mol. The summed E-state index contributed by atoms with van der Waals surface area (Å²) in [6.07, 6.45) is 5.89. The van der Waals surface area contributed by atoms with Crippen molar-refractivity contribution in [3.05, 3.63) is 66.4 Å². The van der Waals surface area contributed by atoms with Crippen molar-refractivity contribution in [3.63, 3.8) is 0 Å². The van der Waals surface area contributed by atoms with Crippen LogP contribution in [0.15, 0.2) is 60.3 Å². The number of nitrogens with one attached hydrogen (secondary N) is 1. The SMILES string of the molecule is C[C@@H]1CN([C@H](C)CO)C(=O)c2cccc(NS(=O)(=O)c3cn(C)cn3)c2O[C@H]1CN(C)Cc1ccncc1. The second-order valence-corrected chi connectivity index (χ2v) is 11.5. The van der Waals surface area contributed by atoms with E-state index in [0.29, 0.717) is 19.6 Å². The van der Waals surface area contributed by atoms with E-state index in [2.05, 4.69) is 19.6 Å². The molecule has 11 nitrogen and oxygen atoms in total. The van der Waals surface area contributed by atoms with E-state index in [1.165, 1.54) is 17.1 Å². The molecule has 38 heavy (non-hydrogen) atoms. The number of aliphatic hydroxyl groups excluding tert-OH is 1. The number of aryl methyl sites for hydroxylation is 1. The van der Waals surface area contributed by atoms with E-state index < -0.39 is 16.1 Å². The van der Waals surface area contributed by atoms with E-state index in [-0.39, 0.29) is 46.6 Å². The number of para-hydroxylation sites is 1. The van der Waals surface area contributed by atoms with E-state index in [9.17, 15) is 18.3 Å². The second kappa shape index (κ2) is 11.5. The number of sulfonamides is 1. The summed E-state index contributed by atoms with van der Waals surface area (Å²) < 4.78 is 36.8. The van der Waals surface area contributed by atoms with Gasteiger partial charge in [0.2, 0.25) is 0 Å². The van der Waals surface area contributed by atoms with Crippen LogP contribution in [-0.4, -0.2) is 82.7 Å². The third-order valence-electron chi connectivity index (χ3n) is 6.59. The van der Waals surface area contributed by atoms with Crippen LogP contribution in [0.3, 0.4) is 0 Å². The first-order chi connectivity index (χ1) is 18.1. The molecule has 0 unspecified atom stereocenters. The molecule has 2 N–H and O–H groups in total. The first kappa shape index (κ1) is 27.6. The first-order valence-electron chi connectivity index (χ1n) is 12.4. The molecule has 4 rings (SSSR count). The predicted molar refractivity (Wildman–Crippen MR) is 142 cm³/mol. The number of fused-ring (bicyclic) bond motifs is 1. The molecule has 0 bridgehead atoms. The number of aliphatic hydroxyl groups is 1. The molecule has 1 aliphatic rings. The Bertz CT molecular complexity index is 1360. The molecule has 1 aliphatic heterocycles. The van der Waals surface area contributed by atoms with Crippen LogP contribution in [0, 0.1) is 5.92 Å². The number of nitrogens with zero attached hydrogens (tertiary/aromatic N) is 5. The number of imidazole rings is 1. The minimum Gasteiger partial charge on any atom is -0.486 e. The molecule has 12 heteroatoms. The van der Waals surface area contributed by atoms with Crippen molar-refractivity contribution in [1.82, 2.24) is 24.3 Å². The maximum Gasteiger partial charge on any atom is 0.281 e. The van der Waals surface area contributed by atoms with Crippen molar-refractivity contribution in [1.29, 1.82) is 0 Å². The van der Waals surface area contributed by atoms with Crippen LogP contribution in [-0.2, 0) is 23.6 Å². The van der Waals surface area contributed by atoms with E-state index in [0.717, 1.165) is 5.56 Å². The largest absolute Gasteiger partial charge is 0.486 e. The predicted octanol–water partition coefficient (Wildman–Crippen LogP) is 1.97. The molecule has 1 amide bonds. The highest BCUT2D eigenvalue weighted by molar-refractivity contribution is 7.92. The van der Waals surface area contributed by atoms with Gasteiger partial charge in [0.05, 0.1) is 30.2 Å². The minimum atomic E-state index is -4.04. The van der Waals surface area contributed by atoms with Crippen LogP contribution in [0.1, 0.15) is 29.8 Å². The summed E-state index contributed by atoms with van der Waals surface area (Å²) in [5, 5.41) is 9.73. The molecule has 0 fully saturated rings. The Hall–Kier alpha value is -3.48. The smallest absolute Gasteiger partial charge is 0.281 e. The molecule has 0 saturated carbocycles. The highest BCUT2D eigenvalue weighted by atomic mass is 32.2. The lowest BCUT2D eigenvalue weighted by Crippen LogP contribution is -2.49. The zero-order valence-corrected chi connectivity index (χ0v) is 22.8. The van der Waals surface area contributed by atoms with Gasteiger partial charge < -0.3 is 19.3 Å². The summed E-state index contributed by atoms with van der Waals surface area (Å²) in [6.45, 7) is 5.11. The number of carbonyl (C=O) groups excluding carboxylic acids is 1. The number of pyridine rings is 1. The van der Waals surface area contributed by atoms with Crippen LogP contribution in [0.2, 0.25) is 0 Å². The Kier molecular flexibility index (Phi) is 8.34. The maximum absolute atomic E-state index is 13.6. The normalized spacial score (nSPS) is 18.9. The molecule has 3 aromatic rings. The summed E-state index contributed by atoms with van der Waals surface area (Å²) in [5.41, 5.74) is 1.46. The quantitative estimate of drug-likeness (QED) is 0.420. The van der Waals surface area contributed by atoms with Gasteiger partial charge in [0.1, 0.15) is 6.10 Å². The Balaban J connectivity index is 1.71. The van der Waals surface area contributed by atoms with Gasteiger partial charge in [0, 0.05) is 51.2 Å². The van der Waals surface area contributed by atoms with Gasteiger partial charge in [-0.3, -0.25) is 19.4 Å². The van der Waals surface area contributed by atoms with Gasteiger partial charge in [-0.05, 0) is 43.8 Å².